The second kappa shape index (κ2) is 9.15. The highest BCUT2D eigenvalue weighted by molar-refractivity contribution is 7.89. The number of rotatable bonds is 7. The van der Waals surface area contributed by atoms with Gasteiger partial charge in [0.1, 0.15) is 4.90 Å². The number of halogens is 1. The smallest absolute Gasteiger partial charge is 0.255 e. The Morgan fingerprint density at radius 1 is 1.14 bits per heavy atom. The molecular formula is C21H26ClN3O3S. The van der Waals surface area contributed by atoms with Crippen molar-refractivity contribution in [3.8, 4) is 0 Å². The van der Waals surface area contributed by atoms with Crippen molar-refractivity contribution < 1.29 is 13.2 Å². The molecule has 2 aromatic carbocycles. The second-order valence-electron chi connectivity index (χ2n) is 7.18. The summed E-state index contributed by atoms with van der Waals surface area (Å²) in [5.74, 6) is -0.304. The van der Waals surface area contributed by atoms with Crippen LogP contribution in [-0.4, -0.2) is 45.3 Å². The molecule has 0 atom stereocenters. The summed E-state index contributed by atoms with van der Waals surface area (Å²) in [7, 11) is -1.66. The Kier molecular flexibility index (Phi) is 6.82. The van der Waals surface area contributed by atoms with Gasteiger partial charge >= 0.3 is 0 Å². The van der Waals surface area contributed by atoms with Gasteiger partial charge in [0.05, 0.1) is 5.02 Å². The van der Waals surface area contributed by atoms with Crippen LogP contribution in [0.25, 0.3) is 0 Å². The molecule has 0 spiro atoms. The number of benzene rings is 2. The van der Waals surface area contributed by atoms with Crippen LogP contribution in [0.2, 0.25) is 5.02 Å². The largest absolute Gasteiger partial charge is 0.375 e. The highest BCUT2D eigenvalue weighted by atomic mass is 35.5. The third-order valence-corrected chi connectivity index (χ3v) is 7.38. The van der Waals surface area contributed by atoms with Crippen LogP contribution in [0.5, 0.6) is 0 Å². The average molecular weight is 436 g/mol. The number of hydrogen-bond acceptors (Lipinski definition) is 4. The minimum absolute atomic E-state index is 0.0235. The molecule has 0 unspecified atom stereocenters. The fraction of sp³-hybridized carbons (Fsp3) is 0.381. The third kappa shape index (κ3) is 4.91. The molecule has 1 saturated heterocycles. The molecule has 3 rings (SSSR count). The highest BCUT2D eigenvalue weighted by Gasteiger charge is 2.29. The Hall–Kier alpha value is -2.09. The van der Waals surface area contributed by atoms with Gasteiger partial charge in [0, 0.05) is 43.6 Å². The summed E-state index contributed by atoms with van der Waals surface area (Å²) in [5.41, 5.74) is 1.93. The van der Waals surface area contributed by atoms with Gasteiger partial charge in [-0.25, -0.2) is 8.42 Å². The number of anilines is 2. The van der Waals surface area contributed by atoms with Crippen molar-refractivity contribution in [2.24, 2.45) is 0 Å². The van der Waals surface area contributed by atoms with E-state index in [2.05, 4.69) is 17.1 Å². The van der Waals surface area contributed by atoms with Gasteiger partial charge in [0.25, 0.3) is 5.91 Å². The molecule has 1 aliphatic rings. The molecule has 0 aliphatic carbocycles. The van der Waals surface area contributed by atoms with Crippen LogP contribution >= 0.6 is 11.6 Å². The molecule has 1 fully saturated rings. The highest BCUT2D eigenvalue weighted by Crippen LogP contribution is 2.30. The minimum atomic E-state index is -3.67. The van der Waals surface area contributed by atoms with Gasteiger partial charge in [-0.3, -0.25) is 4.79 Å². The van der Waals surface area contributed by atoms with Gasteiger partial charge in [-0.1, -0.05) is 18.5 Å². The Balaban J connectivity index is 1.77. The van der Waals surface area contributed by atoms with Gasteiger partial charge < -0.3 is 10.2 Å². The van der Waals surface area contributed by atoms with Crippen molar-refractivity contribution in [2.45, 2.75) is 31.1 Å². The quantitative estimate of drug-likeness (QED) is 0.706. The molecule has 6 nitrogen and oxygen atoms in total. The van der Waals surface area contributed by atoms with Crippen LogP contribution in [0, 0.1) is 0 Å². The predicted molar refractivity (Wildman–Crippen MR) is 117 cm³/mol. The summed E-state index contributed by atoms with van der Waals surface area (Å²) < 4.78 is 27.1. The van der Waals surface area contributed by atoms with Gasteiger partial charge in [-0.2, -0.15) is 4.31 Å². The Bertz CT molecular complexity index is 971. The molecule has 0 saturated carbocycles. The molecule has 0 radical (unpaired) electrons. The van der Waals surface area contributed by atoms with Crippen LogP contribution in [-0.2, 0) is 10.0 Å². The fourth-order valence-corrected chi connectivity index (χ4v) is 5.40. The first kappa shape index (κ1) is 21.6. The Morgan fingerprint density at radius 2 is 1.79 bits per heavy atom. The summed E-state index contributed by atoms with van der Waals surface area (Å²) in [6.07, 6.45) is 2.73. The van der Waals surface area contributed by atoms with E-state index >= 15 is 0 Å². The molecule has 1 N–H and O–H groups in total. The number of carbonyl (C=O) groups excluding carboxylic acids is 1. The Labute approximate surface area is 177 Å². The van der Waals surface area contributed by atoms with Crippen LogP contribution in [0.1, 0.15) is 36.5 Å². The first-order valence-corrected chi connectivity index (χ1v) is 11.6. The lowest BCUT2D eigenvalue weighted by Crippen LogP contribution is -2.28. The molecular weight excluding hydrogens is 410 g/mol. The van der Waals surface area contributed by atoms with Crippen molar-refractivity contribution in [1.82, 2.24) is 4.31 Å². The van der Waals surface area contributed by atoms with E-state index in [1.54, 1.807) is 18.2 Å². The minimum Gasteiger partial charge on any atom is -0.375 e. The first-order chi connectivity index (χ1) is 13.8. The van der Waals surface area contributed by atoms with E-state index in [1.165, 1.54) is 16.4 Å². The van der Waals surface area contributed by atoms with Crippen LogP contribution in [0.3, 0.4) is 0 Å². The van der Waals surface area contributed by atoms with Crippen LogP contribution < -0.4 is 10.2 Å². The van der Waals surface area contributed by atoms with Crippen molar-refractivity contribution in [1.29, 1.82) is 0 Å². The zero-order chi connectivity index (χ0) is 21.0. The maximum absolute atomic E-state index is 12.8. The van der Waals surface area contributed by atoms with Gasteiger partial charge in [-0.15, -0.1) is 0 Å². The van der Waals surface area contributed by atoms with Crippen molar-refractivity contribution in [3.63, 3.8) is 0 Å². The van der Waals surface area contributed by atoms with Crippen LogP contribution in [0.15, 0.2) is 47.4 Å². The molecule has 1 amide bonds. The standard InChI is InChI=1S/C21H26ClN3O3S/c1-3-12-24(2)18-9-6-16(7-10-18)21(26)23-17-8-11-19(22)20(15-17)29(27,28)25-13-4-5-14-25/h6-11,15H,3-5,12-14H2,1-2H3,(H,23,26). The SMILES string of the molecule is CCCN(C)c1ccc(C(=O)Nc2ccc(Cl)c(S(=O)(=O)N3CCCC3)c2)cc1. The van der Waals surface area contributed by atoms with Crippen molar-refractivity contribution in [2.75, 3.05) is 36.9 Å². The topological polar surface area (TPSA) is 69.7 Å². The van der Waals surface area contributed by atoms with E-state index in [0.717, 1.165) is 31.5 Å². The molecule has 1 aliphatic heterocycles. The molecule has 0 aromatic heterocycles. The molecule has 8 heteroatoms. The third-order valence-electron chi connectivity index (χ3n) is 5.00. The maximum Gasteiger partial charge on any atom is 0.255 e. The number of hydrogen-bond donors (Lipinski definition) is 1. The Morgan fingerprint density at radius 3 is 2.41 bits per heavy atom. The van der Waals surface area contributed by atoms with Gasteiger partial charge in [-0.05, 0) is 61.7 Å². The number of carbonyl (C=O) groups is 1. The van der Waals surface area contributed by atoms with Gasteiger partial charge in [0.2, 0.25) is 10.0 Å². The predicted octanol–water partition coefficient (Wildman–Crippen LogP) is 4.22. The van der Waals surface area contributed by atoms with E-state index in [0.29, 0.717) is 24.3 Å². The normalized spacial score (nSPS) is 14.7. The molecule has 1 heterocycles. The van der Waals surface area contributed by atoms with Crippen molar-refractivity contribution >= 4 is 38.9 Å². The van der Waals surface area contributed by atoms with Gasteiger partial charge in [0.15, 0.2) is 0 Å². The number of nitrogens with one attached hydrogen (secondary N) is 1. The summed E-state index contributed by atoms with van der Waals surface area (Å²) in [5, 5.41) is 2.92. The summed E-state index contributed by atoms with van der Waals surface area (Å²) >= 11 is 6.16. The molecule has 0 bridgehead atoms. The lowest BCUT2D eigenvalue weighted by atomic mass is 10.1. The molecule has 156 valence electrons. The second-order valence-corrected chi connectivity index (χ2v) is 9.49. The van der Waals surface area contributed by atoms with E-state index in [-0.39, 0.29) is 15.8 Å². The van der Waals surface area contributed by atoms with E-state index in [4.69, 9.17) is 11.6 Å². The average Bonchev–Trinajstić information content (AvgIpc) is 3.25. The number of sulfonamides is 1. The number of amides is 1. The van der Waals surface area contributed by atoms with E-state index in [9.17, 15) is 13.2 Å². The van der Waals surface area contributed by atoms with E-state index < -0.39 is 10.0 Å². The zero-order valence-corrected chi connectivity index (χ0v) is 18.3. The summed E-state index contributed by atoms with van der Waals surface area (Å²) in [6, 6.07) is 11.8. The zero-order valence-electron chi connectivity index (χ0n) is 16.7. The first-order valence-electron chi connectivity index (χ1n) is 9.75. The summed E-state index contributed by atoms with van der Waals surface area (Å²) in [4.78, 5) is 14.8. The monoisotopic (exact) mass is 435 g/mol. The van der Waals surface area contributed by atoms with Crippen molar-refractivity contribution in [3.05, 3.63) is 53.1 Å². The van der Waals surface area contributed by atoms with Crippen LogP contribution in [0.4, 0.5) is 11.4 Å². The maximum atomic E-state index is 12.8. The molecule has 2 aromatic rings. The summed E-state index contributed by atoms with van der Waals surface area (Å²) in [6.45, 7) is 4.04. The molecule has 29 heavy (non-hydrogen) atoms. The number of nitrogens with zero attached hydrogens (tertiary/aromatic N) is 2. The van der Waals surface area contributed by atoms with E-state index in [1.807, 2.05) is 19.2 Å². The lowest BCUT2D eigenvalue weighted by Gasteiger charge is -2.18. The lowest BCUT2D eigenvalue weighted by molar-refractivity contribution is 0.102. The fourth-order valence-electron chi connectivity index (χ4n) is 3.38.